The molecular formula is C9H17O3Si. The Morgan fingerprint density at radius 1 is 1.54 bits per heavy atom. The Balaban J connectivity index is 3.35. The summed E-state index contributed by atoms with van der Waals surface area (Å²) in [6.07, 6.45) is 1.14. The third-order valence-corrected chi connectivity index (χ3v) is 3.25. The van der Waals surface area contributed by atoms with Crippen LogP contribution in [0.4, 0.5) is 0 Å². The molecule has 75 valence electrons. The molecule has 0 heterocycles. The highest BCUT2D eigenvalue weighted by Crippen LogP contribution is 1.95. The molecule has 3 nitrogen and oxygen atoms in total. The van der Waals surface area contributed by atoms with E-state index in [0.717, 1.165) is 6.08 Å². The summed E-state index contributed by atoms with van der Waals surface area (Å²) >= 11 is 0. The summed E-state index contributed by atoms with van der Waals surface area (Å²) in [5, 5.41) is 0. The molecule has 0 fully saturated rings. The van der Waals surface area contributed by atoms with Crippen LogP contribution in [0.15, 0.2) is 12.7 Å². The first-order valence-corrected chi connectivity index (χ1v) is 7.29. The van der Waals surface area contributed by atoms with Crippen molar-refractivity contribution in [2.24, 2.45) is 0 Å². The Morgan fingerprint density at radius 3 is 2.62 bits per heavy atom. The maximum absolute atomic E-state index is 10.6. The van der Waals surface area contributed by atoms with Crippen molar-refractivity contribution in [1.29, 1.82) is 0 Å². The highest BCUT2D eigenvalue weighted by molar-refractivity contribution is 6.57. The number of ether oxygens (including phenoxy) is 2. The summed E-state index contributed by atoms with van der Waals surface area (Å²) in [6, 6.07) is 0. The smallest absolute Gasteiger partial charge is 0.330 e. The van der Waals surface area contributed by atoms with Gasteiger partial charge in [0.2, 0.25) is 0 Å². The first kappa shape index (κ1) is 12.4. The SMILES string of the molecule is [CH2]C(OCCOC(=O)C=C)[SiH](C)C. The first-order chi connectivity index (χ1) is 6.07. The Hall–Kier alpha value is -0.613. The van der Waals surface area contributed by atoms with E-state index in [0.29, 0.717) is 6.61 Å². The molecule has 13 heavy (non-hydrogen) atoms. The van der Waals surface area contributed by atoms with Crippen molar-refractivity contribution in [1.82, 2.24) is 0 Å². The molecule has 0 rings (SSSR count). The van der Waals surface area contributed by atoms with Gasteiger partial charge in [0.1, 0.15) is 6.61 Å². The summed E-state index contributed by atoms with van der Waals surface area (Å²) in [6.45, 7) is 12.1. The van der Waals surface area contributed by atoms with Gasteiger partial charge in [-0.15, -0.1) is 0 Å². The van der Waals surface area contributed by atoms with E-state index >= 15 is 0 Å². The fourth-order valence-electron chi connectivity index (χ4n) is 0.593. The summed E-state index contributed by atoms with van der Waals surface area (Å²) in [4.78, 5) is 10.6. The predicted octanol–water partition coefficient (Wildman–Crippen LogP) is 0.961. The van der Waals surface area contributed by atoms with Gasteiger partial charge in [0.05, 0.1) is 15.4 Å². The molecule has 1 atom stereocenters. The van der Waals surface area contributed by atoms with Crippen molar-refractivity contribution >= 4 is 14.8 Å². The molecule has 0 spiro atoms. The molecule has 0 aliphatic carbocycles. The average molecular weight is 201 g/mol. The molecule has 0 saturated carbocycles. The molecule has 1 radical (unpaired) electrons. The van der Waals surface area contributed by atoms with Gasteiger partial charge in [0.25, 0.3) is 0 Å². The lowest BCUT2D eigenvalue weighted by atomic mass is 10.6. The Morgan fingerprint density at radius 2 is 2.15 bits per heavy atom. The van der Waals surface area contributed by atoms with Crippen molar-refractivity contribution in [2.75, 3.05) is 13.2 Å². The van der Waals surface area contributed by atoms with Crippen LogP contribution in [0.2, 0.25) is 13.1 Å². The minimum absolute atomic E-state index is 0.0856. The third kappa shape index (κ3) is 6.54. The molecule has 4 heteroatoms. The summed E-state index contributed by atoms with van der Waals surface area (Å²) < 4.78 is 10.1. The maximum atomic E-state index is 10.6. The highest BCUT2D eigenvalue weighted by Gasteiger charge is 2.08. The van der Waals surface area contributed by atoms with Crippen LogP contribution in [-0.4, -0.2) is 33.7 Å². The molecule has 0 amide bonds. The Bertz CT molecular complexity index is 168. The molecule has 0 aliphatic heterocycles. The van der Waals surface area contributed by atoms with Crippen molar-refractivity contribution < 1.29 is 14.3 Å². The van der Waals surface area contributed by atoms with Crippen molar-refractivity contribution in [3.8, 4) is 0 Å². The molecule has 0 N–H and O–H groups in total. The molecule has 0 bridgehead atoms. The zero-order chi connectivity index (χ0) is 10.3. The van der Waals surface area contributed by atoms with Gasteiger partial charge < -0.3 is 9.47 Å². The normalized spacial score (nSPS) is 12.6. The van der Waals surface area contributed by atoms with E-state index in [1.165, 1.54) is 0 Å². The van der Waals surface area contributed by atoms with Crippen LogP contribution < -0.4 is 0 Å². The number of carbonyl (C=O) groups excluding carboxylic acids is 1. The second kappa shape index (κ2) is 6.86. The van der Waals surface area contributed by atoms with Crippen LogP contribution in [0.5, 0.6) is 0 Å². The fourth-order valence-corrected chi connectivity index (χ4v) is 1.11. The van der Waals surface area contributed by atoms with Crippen molar-refractivity contribution in [3.63, 3.8) is 0 Å². The average Bonchev–Trinajstić information content (AvgIpc) is 2.11. The molecule has 0 aromatic heterocycles. The topological polar surface area (TPSA) is 35.5 Å². The van der Waals surface area contributed by atoms with E-state index in [2.05, 4.69) is 26.6 Å². The molecule has 0 aliphatic rings. The fraction of sp³-hybridized carbons (Fsp3) is 0.556. The van der Waals surface area contributed by atoms with Crippen molar-refractivity contribution in [2.45, 2.75) is 18.8 Å². The highest BCUT2D eigenvalue weighted by atomic mass is 28.3. The molecule has 0 aromatic rings. The van der Waals surface area contributed by atoms with E-state index < -0.39 is 14.8 Å². The lowest BCUT2D eigenvalue weighted by Crippen LogP contribution is -2.26. The summed E-state index contributed by atoms with van der Waals surface area (Å²) in [5.41, 5.74) is 0.0856. The van der Waals surface area contributed by atoms with Gasteiger partial charge in [-0.05, 0) is 6.92 Å². The third-order valence-electron chi connectivity index (χ3n) is 1.57. The van der Waals surface area contributed by atoms with Crippen LogP contribution in [0.3, 0.4) is 0 Å². The van der Waals surface area contributed by atoms with E-state index in [4.69, 9.17) is 9.47 Å². The second-order valence-corrected chi connectivity index (χ2v) is 6.26. The van der Waals surface area contributed by atoms with Gasteiger partial charge in [0, 0.05) is 11.8 Å². The second-order valence-electron chi connectivity index (χ2n) is 3.02. The molecular weight excluding hydrogens is 184 g/mol. The number of carbonyl (C=O) groups is 1. The number of rotatable bonds is 6. The van der Waals surface area contributed by atoms with E-state index in [1.54, 1.807) is 0 Å². The van der Waals surface area contributed by atoms with Gasteiger partial charge in [-0.1, -0.05) is 19.7 Å². The van der Waals surface area contributed by atoms with Gasteiger partial charge in [-0.25, -0.2) is 4.79 Å². The minimum Gasteiger partial charge on any atom is -0.460 e. The first-order valence-electron chi connectivity index (χ1n) is 4.31. The summed E-state index contributed by atoms with van der Waals surface area (Å²) in [5.74, 6) is -0.411. The van der Waals surface area contributed by atoms with Crippen LogP contribution in [-0.2, 0) is 14.3 Å². The largest absolute Gasteiger partial charge is 0.460 e. The molecule has 0 aromatic carbocycles. The Labute approximate surface area is 81.3 Å². The van der Waals surface area contributed by atoms with E-state index in [1.807, 2.05) is 0 Å². The summed E-state index contributed by atoms with van der Waals surface area (Å²) in [7, 11) is -0.833. The standard InChI is InChI=1S/C9H17O3Si/c1-5-9(10)12-7-6-11-8(2)13(3)4/h5,8,13H,1-2,6-7H2,3-4H3. The van der Waals surface area contributed by atoms with E-state index in [9.17, 15) is 4.79 Å². The van der Waals surface area contributed by atoms with Gasteiger partial charge in [-0.3, -0.25) is 0 Å². The minimum atomic E-state index is -0.833. The quantitative estimate of drug-likeness (QED) is 0.278. The van der Waals surface area contributed by atoms with E-state index in [-0.39, 0.29) is 12.3 Å². The zero-order valence-electron chi connectivity index (χ0n) is 8.29. The predicted molar refractivity (Wildman–Crippen MR) is 55.1 cm³/mol. The van der Waals surface area contributed by atoms with Crippen LogP contribution in [0, 0.1) is 6.92 Å². The lowest BCUT2D eigenvalue weighted by molar-refractivity contribution is -0.139. The molecule has 1 unspecified atom stereocenters. The van der Waals surface area contributed by atoms with Crippen molar-refractivity contribution in [3.05, 3.63) is 19.6 Å². The van der Waals surface area contributed by atoms with Crippen LogP contribution in [0.25, 0.3) is 0 Å². The number of esters is 1. The van der Waals surface area contributed by atoms with Gasteiger partial charge in [-0.2, -0.15) is 0 Å². The monoisotopic (exact) mass is 201 g/mol. The zero-order valence-corrected chi connectivity index (χ0v) is 9.44. The molecule has 0 saturated heterocycles. The van der Waals surface area contributed by atoms with Gasteiger partial charge >= 0.3 is 5.97 Å². The van der Waals surface area contributed by atoms with Gasteiger partial charge in [0.15, 0.2) is 0 Å². The van der Waals surface area contributed by atoms with Crippen LogP contribution >= 0.6 is 0 Å². The van der Waals surface area contributed by atoms with Crippen LogP contribution in [0.1, 0.15) is 0 Å². The number of hydrogen-bond acceptors (Lipinski definition) is 3. The number of hydrogen-bond donors (Lipinski definition) is 0. The Kier molecular flexibility index (Phi) is 6.53. The maximum Gasteiger partial charge on any atom is 0.330 e. The lowest BCUT2D eigenvalue weighted by Gasteiger charge is -2.14.